The number of carbonyl (C=O) groups is 1. The van der Waals surface area contributed by atoms with Gasteiger partial charge in [-0.3, -0.25) is 5.10 Å². The lowest BCUT2D eigenvalue weighted by Crippen LogP contribution is -2.07. The van der Waals surface area contributed by atoms with Gasteiger partial charge in [0.1, 0.15) is 5.56 Å². The van der Waals surface area contributed by atoms with Crippen molar-refractivity contribution in [2.24, 2.45) is 0 Å². The van der Waals surface area contributed by atoms with Gasteiger partial charge < -0.3 is 14.2 Å². The van der Waals surface area contributed by atoms with E-state index in [9.17, 15) is 4.79 Å². The van der Waals surface area contributed by atoms with Gasteiger partial charge in [0.05, 0.1) is 6.61 Å². The first kappa shape index (κ1) is 10.5. The van der Waals surface area contributed by atoms with Crippen molar-refractivity contribution in [3.8, 4) is 5.88 Å². The van der Waals surface area contributed by atoms with Gasteiger partial charge in [-0.1, -0.05) is 0 Å². The molecule has 0 aliphatic heterocycles. The second-order valence-electron chi connectivity index (χ2n) is 2.38. The van der Waals surface area contributed by atoms with Crippen LogP contribution in [-0.2, 0) is 9.47 Å². The Morgan fingerprint density at radius 1 is 1.64 bits per heavy atom. The summed E-state index contributed by atoms with van der Waals surface area (Å²) in [6.07, 6.45) is 1.42. The summed E-state index contributed by atoms with van der Waals surface area (Å²) in [5.41, 5.74) is 0.268. The number of H-pyrrole nitrogens is 1. The molecular weight excluding hydrogens is 188 g/mol. The number of hydrogen-bond acceptors (Lipinski definition) is 5. The molecule has 0 saturated carbocycles. The van der Waals surface area contributed by atoms with E-state index in [0.717, 1.165) is 0 Å². The van der Waals surface area contributed by atoms with Crippen LogP contribution in [0.4, 0.5) is 0 Å². The minimum absolute atomic E-state index is 0.0389. The summed E-state index contributed by atoms with van der Waals surface area (Å²) < 4.78 is 14.5. The fraction of sp³-hybridized carbons (Fsp3) is 0.500. The third kappa shape index (κ3) is 2.46. The van der Waals surface area contributed by atoms with Crippen molar-refractivity contribution >= 4 is 5.97 Å². The van der Waals surface area contributed by atoms with E-state index in [2.05, 4.69) is 14.9 Å². The van der Waals surface area contributed by atoms with E-state index in [1.54, 1.807) is 6.92 Å². The van der Waals surface area contributed by atoms with Gasteiger partial charge in [-0.05, 0) is 6.92 Å². The normalized spacial score (nSPS) is 9.86. The molecule has 78 valence electrons. The fourth-order valence-electron chi connectivity index (χ4n) is 0.857. The maximum absolute atomic E-state index is 11.3. The van der Waals surface area contributed by atoms with Gasteiger partial charge in [-0.25, -0.2) is 4.79 Å². The highest BCUT2D eigenvalue weighted by Crippen LogP contribution is 2.14. The third-order valence-corrected chi connectivity index (χ3v) is 1.41. The summed E-state index contributed by atoms with van der Waals surface area (Å²) in [6, 6.07) is 0. The first-order valence-electron chi connectivity index (χ1n) is 4.12. The van der Waals surface area contributed by atoms with Crippen molar-refractivity contribution < 1.29 is 19.0 Å². The van der Waals surface area contributed by atoms with E-state index in [1.165, 1.54) is 13.3 Å². The lowest BCUT2D eigenvalue weighted by molar-refractivity contribution is 0.0419. The van der Waals surface area contributed by atoms with E-state index in [4.69, 9.17) is 9.47 Å². The summed E-state index contributed by atoms with van der Waals surface area (Å²) in [4.78, 5) is 11.3. The molecule has 0 spiro atoms. The molecule has 1 aromatic rings. The number of hydrogen-bond donors (Lipinski definition) is 1. The molecule has 0 radical (unpaired) electrons. The first-order valence-corrected chi connectivity index (χ1v) is 4.12. The minimum Gasteiger partial charge on any atom is -0.462 e. The van der Waals surface area contributed by atoms with Crippen molar-refractivity contribution in [2.75, 3.05) is 20.5 Å². The van der Waals surface area contributed by atoms with Gasteiger partial charge in [0, 0.05) is 13.3 Å². The van der Waals surface area contributed by atoms with Crippen LogP contribution < -0.4 is 4.74 Å². The number of aromatic amines is 1. The van der Waals surface area contributed by atoms with E-state index in [0.29, 0.717) is 6.61 Å². The Morgan fingerprint density at radius 2 is 2.43 bits per heavy atom. The topological polar surface area (TPSA) is 73.4 Å². The van der Waals surface area contributed by atoms with Crippen molar-refractivity contribution in [3.05, 3.63) is 11.8 Å². The molecule has 14 heavy (non-hydrogen) atoms. The molecule has 0 bridgehead atoms. The zero-order valence-corrected chi connectivity index (χ0v) is 8.07. The maximum Gasteiger partial charge on any atom is 0.345 e. The molecule has 0 unspecified atom stereocenters. The molecule has 0 aromatic carbocycles. The molecular formula is C8H12N2O4. The van der Waals surface area contributed by atoms with Gasteiger partial charge in [0.2, 0.25) is 5.88 Å². The number of nitrogens with zero attached hydrogens (tertiary/aromatic N) is 1. The molecule has 0 fully saturated rings. The molecule has 1 rings (SSSR count). The van der Waals surface area contributed by atoms with Crippen LogP contribution in [0.5, 0.6) is 5.88 Å². The molecule has 6 nitrogen and oxygen atoms in total. The predicted octanol–water partition coefficient (Wildman–Crippen LogP) is 0.569. The Bertz CT molecular complexity index is 297. The highest BCUT2D eigenvalue weighted by Gasteiger charge is 2.16. The number of ether oxygens (including phenoxy) is 3. The Morgan fingerprint density at radius 3 is 3.07 bits per heavy atom. The quantitative estimate of drug-likeness (QED) is 0.555. The van der Waals surface area contributed by atoms with Crippen molar-refractivity contribution in [3.63, 3.8) is 0 Å². The summed E-state index contributed by atoms with van der Waals surface area (Å²) in [5, 5.41) is 6.24. The van der Waals surface area contributed by atoms with Crippen LogP contribution in [0, 0.1) is 0 Å². The van der Waals surface area contributed by atoms with Crippen molar-refractivity contribution in [1.82, 2.24) is 10.2 Å². The summed E-state index contributed by atoms with van der Waals surface area (Å²) in [7, 11) is 1.48. The number of carbonyl (C=O) groups excluding carboxylic acids is 1. The van der Waals surface area contributed by atoms with E-state index in [-0.39, 0.29) is 18.2 Å². The van der Waals surface area contributed by atoms with Crippen LogP contribution in [0.2, 0.25) is 0 Å². The lowest BCUT2D eigenvalue weighted by atomic mass is 10.3. The Labute approximate surface area is 81.2 Å². The lowest BCUT2D eigenvalue weighted by Gasteiger charge is -2.03. The third-order valence-electron chi connectivity index (χ3n) is 1.41. The molecule has 1 N–H and O–H groups in total. The smallest absolute Gasteiger partial charge is 0.345 e. The molecule has 0 atom stereocenters. The molecule has 0 aliphatic rings. The van der Waals surface area contributed by atoms with E-state index >= 15 is 0 Å². The average molecular weight is 200 g/mol. The number of methoxy groups -OCH3 is 1. The van der Waals surface area contributed by atoms with Crippen molar-refractivity contribution in [2.45, 2.75) is 6.92 Å². The molecule has 0 amide bonds. The first-order chi connectivity index (χ1) is 6.79. The Balaban J connectivity index is 2.66. The molecule has 1 aromatic heterocycles. The van der Waals surface area contributed by atoms with Crippen molar-refractivity contribution in [1.29, 1.82) is 0 Å². The zero-order valence-electron chi connectivity index (χ0n) is 8.07. The summed E-state index contributed by atoms with van der Waals surface area (Å²) >= 11 is 0. The predicted molar refractivity (Wildman–Crippen MR) is 47.0 cm³/mol. The van der Waals surface area contributed by atoms with E-state index in [1.807, 2.05) is 0 Å². The largest absolute Gasteiger partial charge is 0.462 e. The highest BCUT2D eigenvalue weighted by atomic mass is 16.7. The average Bonchev–Trinajstić information content (AvgIpc) is 2.63. The standard InChI is InChI=1S/C8H12N2O4/c1-3-13-8(11)6-4-9-10-7(6)14-5-12-2/h4H,3,5H2,1-2H3,(H,9,10). The number of nitrogens with one attached hydrogen (secondary N) is 1. The van der Waals surface area contributed by atoms with Crippen LogP contribution in [0.25, 0.3) is 0 Å². The molecule has 0 saturated heterocycles. The summed E-state index contributed by atoms with van der Waals surface area (Å²) in [6.45, 7) is 2.08. The van der Waals surface area contributed by atoms with Gasteiger partial charge >= 0.3 is 5.97 Å². The molecule has 1 heterocycles. The summed E-state index contributed by atoms with van der Waals surface area (Å²) in [5.74, 6) is -0.280. The van der Waals surface area contributed by atoms with Gasteiger partial charge in [0.15, 0.2) is 6.79 Å². The van der Waals surface area contributed by atoms with E-state index < -0.39 is 5.97 Å². The number of esters is 1. The van der Waals surface area contributed by atoms with Crippen LogP contribution >= 0.6 is 0 Å². The Kier molecular flexibility index (Phi) is 3.93. The van der Waals surface area contributed by atoms with Gasteiger partial charge in [-0.2, -0.15) is 0 Å². The SMILES string of the molecule is CCOC(=O)c1c[nH]nc1OCOC. The van der Waals surface area contributed by atoms with Crippen LogP contribution in [0.15, 0.2) is 6.20 Å². The van der Waals surface area contributed by atoms with Gasteiger partial charge in [0.25, 0.3) is 0 Å². The Hall–Kier alpha value is -1.56. The minimum atomic E-state index is -0.465. The number of aromatic nitrogens is 2. The van der Waals surface area contributed by atoms with Crippen LogP contribution in [0.1, 0.15) is 17.3 Å². The monoisotopic (exact) mass is 200 g/mol. The fourth-order valence-corrected chi connectivity index (χ4v) is 0.857. The second-order valence-corrected chi connectivity index (χ2v) is 2.38. The molecule has 6 heteroatoms. The zero-order chi connectivity index (χ0) is 10.4. The highest BCUT2D eigenvalue weighted by molar-refractivity contribution is 5.91. The number of rotatable bonds is 5. The van der Waals surface area contributed by atoms with Crippen LogP contribution in [-0.4, -0.2) is 36.7 Å². The van der Waals surface area contributed by atoms with Crippen LogP contribution in [0.3, 0.4) is 0 Å². The maximum atomic E-state index is 11.3. The molecule has 0 aliphatic carbocycles. The van der Waals surface area contributed by atoms with Gasteiger partial charge in [-0.15, -0.1) is 5.10 Å². The second kappa shape index (κ2) is 5.23.